The van der Waals surface area contributed by atoms with E-state index in [1.54, 1.807) is 12.1 Å². The third-order valence-corrected chi connectivity index (χ3v) is 7.32. The molecule has 0 radical (unpaired) electrons. The lowest BCUT2D eigenvalue weighted by atomic mass is 9.78. The predicted octanol–water partition coefficient (Wildman–Crippen LogP) is 4.09. The van der Waals surface area contributed by atoms with Crippen molar-refractivity contribution in [2.45, 2.75) is 50.3 Å². The van der Waals surface area contributed by atoms with Crippen LogP contribution in [0.3, 0.4) is 0 Å². The Balaban J connectivity index is 1.68. The first-order chi connectivity index (χ1) is 11.9. The van der Waals surface area contributed by atoms with E-state index in [9.17, 15) is 13.2 Å². The Morgan fingerprint density at radius 1 is 1.12 bits per heavy atom. The van der Waals surface area contributed by atoms with Gasteiger partial charge in [-0.1, -0.05) is 42.1 Å². The first-order valence-electron chi connectivity index (χ1n) is 8.79. The molecule has 4 nitrogen and oxygen atoms in total. The smallest absolute Gasteiger partial charge is 0.238 e. The zero-order chi connectivity index (χ0) is 18.0. The van der Waals surface area contributed by atoms with E-state index in [0.717, 1.165) is 32.1 Å². The van der Waals surface area contributed by atoms with Gasteiger partial charge in [-0.2, -0.15) is 0 Å². The highest BCUT2D eigenvalue weighted by atomic mass is 35.5. The number of carbonyl (C=O) groups excluding carboxylic acids is 1. The Bertz CT molecular complexity index is 749. The Hall–Kier alpha value is -0.780. The van der Waals surface area contributed by atoms with Gasteiger partial charge >= 0.3 is 0 Å². The Morgan fingerprint density at radius 3 is 2.60 bits per heavy atom. The number of nitrogens with zero attached hydrogens (tertiary/aromatic N) is 1. The average Bonchev–Trinajstić information content (AvgIpc) is 2.56. The van der Waals surface area contributed by atoms with Gasteiger partial charge in [-0.3, -0.25) is 4.79 Å². The molecule has 1 aliphatic carbocycles. The second kappa shape index (κ2) is 7.85. The van der Waals surface area contributed by atoms with Crippen LogP contribution >= 0.6 is 23.2 Å². The highest BCUT2D eigenvalue weighted by Crippen LogP contribution is 2.35. The van der Waals surface area contributed by atoms with Crippen LogP contribution in [0.1, 0.15) is 44.1 Å². The summed E-state index contributed by atoms with van der Waals surface area (Å²) in [7, 11) is -3.58. The Morgan fingerprint density at radius 2 is 1.84 bits per heavy atom. The van der Waals surface area contributed by atoms with E-state index in [4.69, 9.17) is 23.2 Å². The van der Waals surface area contributed by atoms with Gasteiger partial charge in [0.05, 0.1) is 5.75 Å². The fourth-order valence-electron chi connectivity index (χ4n) is 4.13. The van der Waals surface area contributed by atoms with Gasteiger partial charge in [-0.15, -0.1) is 0 Å². The van der Waals surface area contributed by atoms with Crippen LogP contribution in [0, 0.1) is 5.92 Å². The van der Waals surface area contributed by atoms with Gasteiger partial charge in [-0.25, -0.2) is 8.42 Å². The number of hydrogen-bond acceptors (Lipinski definition) is 3. The number of sulfone groups is 1. The number of carbonyl (C=O) groups is 1. The molecule has 0 unspecified atom stereocenters. The fraction of sp³-hybridized carbons (Fsp3) is 0.611. The summed E-state index contributed by atoms with van der Waals surface area (Å²) in [6.45, 7) is 0.678. The molecule has 0 bridgehead atoms. The monoisotopic (exact) mass is 403 g/mol. The number of benzene rings is 1. The Labute approximate surface area is 159 Å². The van der Waals surface area contributed by atoms with Crippen LogP contribution in [-0.4, -0.2) is 37.6 Å². The second-order valence-electron chi connectivity index (χ2n) is 7.11. The van der Waals surface area contributed by atoms with Crippen LogP contribution in [0.4, 0.5) is 0 Å². The minimum absolute atomic E-state index is 0.226. The van der Waals surface area contributed by atoms with Crippen LogP contribution in [-0.2, 0) is 20.4 Å². The van der Waals surface area contributed by atoms with Crippen molar-refractivity contribution in [2.24, 2.45) is 5.92 Å². The summed E-state index contributed by atoms with van der Waals surface area (Å²) in [5, 5.41) is 0.771. The number of hydrogen-bond donors (Lipinski definition) is 0. The van der Waals surface area contributed by atoms with Crippen molar-refractivity contribution in [1.82, 2.24) is 4.90 Å². The molecular weight excluding hydrogens is 381 g/mol. The first-order valence-corrected chi connectivity index (χ1v) is 11.4. The van der Waals surface area contributed by atoms with Crippen LogP contribution in [0.2, 0.25) is 10.0 Å². The molecule has 138 valence electrons. The molecule has 25 heavy (non-hydrogen) atoms. The largest absolute Gasteiger partial charge is 0.339 e. The van der Waals surface area contributed by atoms with Gasteiger partial charge < -0.3 is 4.90 Å². The van der Waals surface area contributed by atoms with Crippen molar-refractivity contribution in [2.75, 3.05) is 12.3 Å². The highest BCUT2D eigenvalue weighted by Gasteiger charge is 2.36. The van der Waals surface area contributed by atoms with Crippen LogP contribution in [0.15, 0.2) is 18.2 Å². The maximum atomic E-state index is 12.7. The molecule has 0 spiro atoms. The van der Waals surface area contributed by atoms with Crippen LogP contribution < -0.4 is 0 Å². The maximum Gasteiger partial charge on any atom is 0.238 e. The van der Waals surface area contributed by atoms with Gasteiger partial charge in [0.2, 0.25) is 5.91 Å². The van der Waals surface area contributed by atoms with Gasteiger partial charge in [0, 0.05) is 22.6 Å². The third-order valence-electron chi connectivity index (χ3n) is 5.30. The molecule has 1 amide bonds. The highest BCUT2D eigenvalue weighted by molar-refractivity contribution is 7.91. The van der Waals surface area contributed by atoms with Crippen molar-refractivity contribution in [3.8, 4) is 0 Å². The van der Waals surface area contributed by atoms with Gasteiger partial charge in [0.15, 0.2) is 9.84 Å². The average molecular weight is 404 g/mol. The van der Waals surface area contributed by atoms with Crippen molar-refractivity contribution in [3.05, 3.63) is 33.8 Å². The number of rotatable bonds is 4. The zero-order valence-electron chi connectivity index (χ0n) is 14.1. The molecule has 2 aliphatic rings. The SMILES string of the molecule is O=C(CS(=O)(=O)Cc1ccc(Cl)cc1Cl)N1CCC[C@@H]2CCCC[C@H]21. The molecule has 0 aromatic heterocycles. The minimum atomic E-state index is -3.58. The van der Waals surface area contributed by atoms with E-state index < -0.39 is 15.6 Å². The summed E-state index contributed by atoms with van der Waals surface area (Å²) in [5.41, 5.74) is 0.480. The molecule has 1 heterocycles. The molecule has 0 N–H and O–H groups in total. The molecule has 2 fully saturated rings. The molecule has 1 aliphatic heterocycles. The lowest BCUT2D eigenvalue weighted by molar-refractivity contribution is -0.134. The minimum Gasteiger partial charge on any atom is -0.339 e. The van der Waals surface area contributed by atoms with Gasteiger partial charge in [0.25, 0.3) is 0 Å². The lowest BCUT2D eigenvalue weighted by Crippen LogP contribution is -2.51. The first kappa shape index (κ1) is 19.0. The van der Waals surface area contributed by atoms with E-state index in [0.29, 0.717) is 28.1 Å². The molecule has 2 atom stereocenters. The molecule has 1 aromatic carbocycles. The molecule has 1 aromatic rings. The summed E-state index contributed by atoms with van der Waals surface area (Å²) in [5.74, 6) is -0.409. The van der Waals surface area contributed by atoms with Gasteiger partial charge in [-0.05, 0) is 49.3 Å². The standard InChI is InChI=1S/C18H23Cl2NO3S/c19-15-8-7-14(16(20)10-15)11-25(23,24)12-18(22)21-9-3-5-13-4-1-2-6-17(13)21/h7-8,10,13,17H,1-6,9,11-12H2/t13-,17+/m0/s1. The van der Waals surface area contributed by atoms with Crippen LogP contribution in [0.5, 0.6) is 0 Å². The molecule has 1 saturated heterocycles. The lowest BCUT2D eigenvalue weighted by Gasteiger charge is -2.44. The third kappa shape index (κ3) is 4.69. The second-order valence-corrected chi connectivity index (χ2v) is 10.0. The summed E-state index contributed by atoms with van der Waals surface area (Å²) in [6, 6.07) is 4.96. The van der Waals surface area contributed by atoms with Crippen LogP contribution in [0.25, 0.3) is 0 Å². The molecule has 3 rings (SSSR count). The zero-order valence-corrected chi connectivity index (χ0v) is 16.4. The molecule has 1 saturated carbocycles. The number of fused-ring (bicyclic) bond motifs is 1. The van der Waals surface area contributed by atoms with E-state index in [-0.39, 0.29) is 17.7 Å². The van der Waals surface area contributed by atoms with Crippen molar-refractivity contribution in [1.29, 1.82) is 0 Å². The van der Waals surface area contributed by atoms with E-state index in [2.05, 4.69) is 0 Å². The molecule has 7 heteroatoms. The quantitative estimate of drug-likeness (QED) is 0.760. The van der Waals surface area contributed by atoms with Crippen molar-refractivity contribution >= 4 is 38.9 Å². The van der Waals surface area contributed by atoms with Crippen molar-refractivity contribution < 1.29 is 13.2 Å². The van der Waals surface area contributed by atoms with E-state index in [1.807, 2.05) is 4.90 Å². The fourth-order valence-corrected chi connectivity index (χ4v) is 6.06. The summed E-state index contributed by atoms with van der Waals surface area (Å²) in [4.78, 5) is 14.5. The normalized spacial score (nSPS) is 24.0. The predicted molar refractivity (Wildman–Crippen MR) is 101 cm³/mol. The summed E-state index contributed by atoms with van der Waals surface area (Å²) < 4.78 is 25.0. The number of amides is 1. The number of halogens is 2. The van der Waals surface area contributed by atoms with E-state index in [1.165, 1.54) is 12.5 Å². The summed E-state index contributed by atoms with van der Waals surface area (Å²) >= 11 is 11.9. The van der Waals surface area contributed by atoms with Crippen molar-refractivity contribution in [3.63, 3.8) is 0 Å². The number of piperidine rings is 1. The number of likely N-dealkylation sites (tertiary alicyclic amines) is 1. The topological polar surface area (TPSA) is 54.5 Å². The van der Waals surface area contributed by atoms with E-state index >= 15 is 0 Å². The Kier molecular flexibility index (Phi) is 5.96. The maximum absolute atomic E-state index is 12.7. The van der Waals surface area contributed by atoms with Gasteiger partial charge in [0.1, 0.15) is 5.75 Å². The summed E-state index contributed by atoms with van der Waals surface area (Å²) in [6.07, 6.45) is 6.62. The molecular formula is C18H23Cl2NO3S.